The van der Waals surface area contributed by atoms with Crippen LogP contribution in [-0.4, -0.2) is 13.1 Å². The molecule has 1 aromatic heterocycles. The maximum Gasteiger partial charge on any atom is 0.148 e. The lowest BCUT2D eigenvalue weighted by Gasteiger charge is -2.15. The third-order valence-electron chi connectivity index (χ3n) is 4.55. The van der Waals surface area contributed by atoms with Crippen LogP contribution < -0.4 is 4.90 Å². The number of rotatable bonds is 3. The van der Waals surface area contributed by atoms with Crippen molar-refractivity contribution in [3.63, 3.8) is 0 Å². The fraction of sp³-hybridized carbons (Fsp3) is 0.238. The second-order valence-electron chi connectivity index (χ2n) is 6.24. The molecule has 0 unspecified atom stereocenters. The van der Waals surface area contributed by atoms with Gasteiger partial charge < -0.3 is 4.90 Å². The van der Waals surface area contributed by atoms with E-state index < -0.39 is 0 Å². The predicted octanol–water partition coefficient (Wildman–Crippen LogP) is 4.52. The van der Waals surface area contributed by atoms with E-state index in [1.165, 1.54) is 11.3 Å². The van der Waals surface area contributed by atoms with Gasteiger partial charge in [0.15, 0.2) is 0 Å². The van der Waals surface area contributed by atoms with Crippen molar-refractivity contribution in [2.75, 3.05) is 18.0 Å². The summed E-state index contributed by atoms with van der Waals surface area (Å²) >= 11 is 1.32. The minimum Gasteiger partial charge on any atom is -0.362 e. The highest BCUT2D eigenvalue weighted by Gasteiger charge is 2.28. The molecular formula is C21H15N5S. The molecule has 27 heavy (non-hydrogen) atoms. The van der Waals surface area contributed by atoms with E-state index in [0.29, 0.717) is 16.0 Å². The first-order chi connectivity index (χ1) is 13.1. The van der Waals surface area contributed by atoms with Crippen molar-refractivity contribution in [3.8, 4) is 35.4 Å². The Morgan fingerprint density at radius 3 is 2.11 bits per heavy atom. The molecule has 1 saturated heterocycles. The molecule has 0 N–H and O–H groups in total. The van der Waals surface area contributed by atoms with E-state index in [0.717, 1.165) is 42.1 Å². The Bertz CT molecular complexity index is 1060. The number of benzene rings is 1. The Labute approximate surface area is 162 Å². The molecule has 2 heterocycles. The first-order valence-corrected chi connectivity index (χ1v) is 9.30. The molecule has 0 atom stereocenters. The van der Waals surface area contributed by atoms with Crippen molar-refractivity contribution in [3.05, 3.63) is 45.8 Å². The van der Waals surface area contributed by atoms with Gasteiger partial charge in [0.2, 0.25) is 0 Å². The summed E-state index contributed by atoms with van der Waals surface area (Å²) in [5, 5.41) is 38.9. The molecule has 2 aromatic rings. The smallest absolute Gasteiger partial charge is 0.148 e. The molecule has 0 amide bonds. The van der Waals surface area contributed by atoms with Crippen LogP contribution in [0.5, 0.6) is 0 Å². The van der Waals surface area contributed by atoms with Crippen molar-refractivity contribution in [1.29, 1.82) is 21.0 Å². The lowest BCUT2D eigenvalue weighted by atomic mass is 9.96. The first kappa shape index (κ1) is 18.2. The van der Waals surface area contributed by atoms with E-state index in [1.807, 2.05) is 49.4 Å². The summed E-state index contributed by atoms with van der Waals surface area (Å²) in [6.45, 7) is 3.69. The second kappa shape index (κ2) is 7.76. The molecule has 0 bridgehead atoms. The summed E-state index contributed by atoms with van der Waals surface area (Å²) in [4.78, 5) is 2.66. The Morgan fingerprint density at radius 1 is 0.963 bits per heavy atom. The number of nitrogens with zero attached hydrogens (tertiary/aromatic N) is 5. The van der Waals surface area contributed by atoms with Crippen molar-refractivity contribution in [2.45, 2.75) is 19.8 Å². The molecule has 0 radical (unpaired) electrons. The lowest BCUT2D eigenvalue weighted by Crippen LogP contribution is -2.17. The van der Waals surface area contributed by atoms with Gasteiger partial charge in [-0.1, -0.05) is 29.8 Å². The average Bonchev–Trinajstić information content (AvgIpc) is 3.34. The number of nitriles is 4. The summed E-state index contributed by atoms with van der Waals surface area (Å²) < 4.78 is 0. The topological polar surface area (TPSA) is 98.4 Å². The highest BCUT2D eigenvalue weighted by Crippen LogP contribution is 2.46. The number of thiophene rings is 1. The molecule has 1 aliphatic rings. The molecular weight excluding hydrogens is 354 g/mol. The molecule has 0 saturated carbocycles. The highest BCUT2D eigenvalue weighted by molar-refractivity contribution is 7.18. The Kier molecular flexibility index (Phi) is 5.23. The van der Waals surface area contributed by atoms with Crippen LogP contribution in [0.25, 0.3) is 16.7 Å². The first-order valence-electron chi connectivity index (χ1n) is 8.48. The number of anilines is 1. The zero-order valence-corrected chi connectivity index (χ0v) is 15.6. The number of hydrogen-bond acceptors (Lipinski definition) is 6. The second-order valence-corrected chi connectivity index (χ2v) is 7.24. The van der Waals surface area contributed by atoms with Crippen LogP contribution in [0.1, 0.15) is 28.8 Å². The number of allylic oxidation sites excluding steroid dienone is 2. The zero-order valence-electron chi connectivity index (χ0n) is 14.8. The van der Waals surface area contributed by atoms with E-state index in [1.54, 1.807) is 0 Å². The molecule has 1 fully saturated rings. The van der Waals surface area contributed by atoms with E-state index in [4.69, 9.17) is 0 Å². The van der Waals surface area contributed by atoms with Crippen molar-refractivity contribution in [2.24, 2.45) is 0 Å². The third kappa shape index (κ3) is 3.28. The molecule has 0 spiro atoms. The van der Waals surface area contributed by atoms with Gasteiger partial charge in [0, 0.05) is 18.7 Å². The van der Waals surface area contributed by atoms with Gasteiger partial charge in [-0.2, -0.15) is 21.0 Å². The maximum atomic E-state index is 9.90. The van der Waals surface area contributed by atoms with Crippen LogP contribution in [0.15, 0.2) is 29.8 Å². The van der Waals surface area contributed by atoms with E-state index in [-0.39, 0.29) is 11.1 Å². The summed E-state index contributed by atoms with van der Waals surface area (Å²) in [5.74, 6) is 0. The van der Waals surface area contributed by atoms with Crippen molar-refractivity contribution >= 4 is 21.9 Å². The van der Waals surface area contributed by atoms with Crippen LogP contribution in [-0.2, 0) is 0 Å². The standard InChI is InChI=1S/C21H15N5S/c1-14-4-6-15(7-5-14)19-18(13-25)21(26-8-2-3-9-26)27-20(19)17(12-24)16(10-22)11-23/h4-7H,2-3,8-9H2,1H3. The summed E-state index contributed by atoms with van der Waals surface area (Å²) in [7, 11) is 0. The summed E-state index contributed by atoms with van der Waals surface area (Å²) in [5.41, 5.74) is 2.82. The van der Waals surface area contributed by atoms with Gasteiger partial charge in [-0.15, -0.1) is 11.3 Å². The van der Waals surface area contributed by atoms with Gasteiger partial charge in [-0.25, -0.2) is 0 Å². The highest BCUT2D eigenvalue weighted by atomic mass is 32.1. The van der Waals surface area contributed by atoms with Crippen LogP contribution in [0.2, 0.25) is 0 Å². The van der Waals surface area contributed by atoms with Crippen LogP contribution in [0.4, 0.5) is 5.00 Å². The monoisotopic (exact) mass is 369 g/mol. The van der Waals surface area contributed by atoms with Crippen molar-refractivity contribution in [1.82, 2.24) is 0 Å². The minimum atomic E-state index is -0.232. The van der Waals surface area contributed by atoms with Gasteiger partial charge in [0.05, 0.1) is 16.0 Å². The van der Waals surface area contributed by atoms with Crippen LogP contribution in [0.3, 0.4) is 0 Å². The van der Waals surface area contributed by atoms with E-state index >= 15 is 0 Å². The molecule has 3 rings (SSSR count). The molecule has 1 aromatic carbocycles. The third-order valence-corrected chi connectivity index (χ3v) is 5.82. The van der Waals surface area contributed by atoms with E-state index in [9.17, 15) is 21.0 Å². The molecule has 6 heteroatoms. The Balaban J connectivity index is 2.36. The van der Waals surface area contributed by atoms with Gasteiger partial charge in [0.1, 0.15) is 34.9 Å². The summed E-state index contributed by atoms with van der Waals surface area (Å²) in [6.07, 6.45) is 2.11. The zero-order chi connectivity index (χ0) is 19.4. The van der Waals surface area contributed by atoms with Gasteiger partial charge in [-0.05, 0) is 25.3 Å². The van der Waals surface area contributed by atoms with Gasteiger partial charge in [-0.3, -0.25) is 0 Å². The van der Waals surface area contributed by atoms with E-state index in [2.05, 4.69) is 11.0 Å². The molecule has 5 nitrogen and oxygen atoms in total. The average molecular weight is 369 g/mol. The SMILES string of the molecule is Cc1ccc(-c2c(C(C#N)=C(C#N)C#N)sc(N3CCCC3)c2C#N)cc1. The Morgan fingerprint density at radius 2 is 1.59 bits per heavy atom. The van der Waals surface area contributed by atoms with Crippen LogP contribution in [0, 0.1) is 52.2 Å². The largest absolute Gasteiger partial charge is 0.362 e. The molecule has 0 aliphatic carbocycles. The molecule has 1 aliphatic heterocycles. The lowest BCUT2D eigenvalue weighted by molar-refractivity contribution is 0.949. The molecule has 130 valence electrons. The van der Waals surface area contributed by atoms with Gasteiger partial charge in [0.25, 0.3) is 0 Å². The minimum absolute atomic E-state index is 0.0301. The fourth-order valence-corrected chi connectivity index (χ4v) is 4.52. The number of aryl methyl sites for hydroxylation is 1. The Hall–Kier alpha value is -3.58. The van der Waals surface area contributed by atoms with Gasteiger partial charge >= 0.3 is 0 Å². The maximum absolute atomic E-state index is 9.90. The van der Waals surface area contributed by atoms with Crippen molar-refractivity contribution < 1.29 is 0 Å². The normalized spacial score (nSPS) is 12.6. The van der Waals surface area contributed by atoms with Crippen LogP contribution >= 0.6 is 11.3 Å². The summed E-state index contributed by atoms with van der Waals surface area (Å²) in [6, 6.07) is 15.6. The predicted molar refractivity (Wildman–Crippen MR) is 104 cm³/mol. The number of hydrogen-bond donors (Lipinski definition) is 0. The quantitative estimate of drug-likeness (QED) is 0.741. The fourth-order valence-electron chi connectivity index (χ4n) is 3.19.